The summed E-state index contributed by atoms with van der Waals surface area (Å²) in [6.07, 6.45) is -7.71. The molecule has 0 unspecified atom stereocenters. The molecule has 0 radical (unpaired) electrons. The van der Waals surface area contributed by atoms with Crippen LogP contribution in [-0.2, 0) is 38.1 Å². The van der Waals surface area contributed by atoms with Crippen LogP contribution in [0.1, 0.15) is 62.3 Å². The Balaban J connectivity index is 3.45. The predicted octanol–water partition coefficient (Wildman–Crippen LogP) is 3.94. The van der Waals surface area contributed by atoms with Crippen LogP contribution in [0.15, 0.2) is 0 Å². The highest BCUT2D eigenvalue weighted by Gasteiger charge is 2.53. The predicted molar refractivity (Wildman–Crippen MR) is 133 cm³/mol. The average molecular weight is 577 g/mol. The molecular formula is C23H36Cl3NO9. The fraction of sp³-hybridized carbons (Fsp3) is 0.826. The number of carbonyl (C=O) groups excluding carboxylic acids is 3. The Morgan fingerprint density at radius 1 is 0.778 bits per heavy atom. The normalized spacial score (nSPS) is 25.5. The van der Waals surface area contributed by atoms with Gasteiger partial charge in [-0.1, -0.05) is 34.8 Å². The topological polar surface area (TPSA) is 141 Å². The van der Waals surface area contributed by atoms with Crippen LogP contribution >= 0.6 is 34.8 Å². The van der Waals surface area contributed by atoms with Gasteiger partial charge in [-0.05, 0) is 62.3 Å². The molecule has 1 fully saturated rings. The Morgan fingerprint density at radius 2 is 1.19 bits per heavy atom. The Labute approximate surface area is 226 Å². The van der Waals surface area contributed by atoms with E-state index in [1.165, 1.54) is 0 Å². The first-order valence-electron chi connectivity index (χ1n) is 11.2. The summed E-state index contributed by atoms with van der Waals surface area (Å²) in [5.74, 6) is -2.94. The first kappa shape index (κ1) is 32.7. The zero-order valence-electron chi connectivity index (χ0n) is 21.9. The van der Waals surface area contributed by atoms with Crippen molar-refractivity contribution in [3.63, 3.8) is 0 Å². The molecule has 36 heavy (non-hydrogen) atoms. The van der Waals surface area contributed by atoms with Gasteiger partial charge in [0.15, 0.2) is 6.10 Å². The average Bonchev–Trinajstić information content (AvgIpc) is 2.67. The Hall–Kier alpha value is -1.33. The van der Waals surface area contributed by atoms with Gasteiger partial charge in [-0.3, -0.25) is 19.8 Å². The number of ether oxygens (including phenoxy) is 5. The summed E-state index contributed by atoms with van der Waals surface area (Å²) in [6.45, 7) is 14.0. The van der Waals surface area contributed by atoms with Crippen molar-refractivity contribution in [2.75, 3.05) is 6.61 Å². The van der Waals surface area contributed by atoms with Gasteiger partial charge in [0.1, 0.15) is 18.8 Å². The largest absolute Gasteiger partial charge is 0.462 e. The van der Waals surface area contributed by atoms with E-state index in [-0.39, 0.29) is 0 Å². The van der Waals surface area contributed by atoms with E-state index in [1.54, 1.807) is 62.3 Å². The fourth-order valence-electron chi connectivity index (χ4n) is 2.54. The molecule has 5 atom stereocenters. The maximum atomic E-state index is 12.8. The summed E-state index contributed by atoms with van der Waals surface area (Å²) in [6, 6.07) is 0. The maximum absolute atomic E-state index is 12.8. The lowest BCUT2D eigenvalue weighted by Crippen LogP contribution is -2.63. The number of hydrogen-bond acceptors (Lipinski definition) is 10. The highest BCUT2D eigenvalue weighted by molar-refractivity contribution is 6.76. The van der Waals surface area contributed by atoms with Gasteiger partial charge in [0.2, 0.25) is 18.3 Å². The van der Waals surface area contributed by atoms with E-state index in [2.05, 4.69) is 0 Å². The van der Waals surface area contributed by atoms with Crippen LogP contribution in [0.25, 0.3) is 0 Å². The van der Waals surface area contributed by atoms with Crippen LogP contribution in [0.5, 0.6) is 0 Å². The lowest BCUT2D eigenvalue weighted by Gasteiger charge is -2.44. The van der Waals surface area contributed by atoms with Gasteiger partial charge >= 0.3 is 17.9 Å². The molecule has 1 rings (SSSR count). The quantitative estimate of drug-likeness (QED) is 0.164. The SMILES string of the molecule is CC(C)(C)C(=O)OC[C@H]1O[C@H](OC(=N)C(Cl)(Cl)Cl)[C@H](OC(=O)C(C)(C)C)[C@@H](OC(=O)C(C)(C)C)[C@@H]1O. The van der Waals surface area contributed by atoms with E-state index >= 15 is 0 Å². The zero-order chi connectivity index (χ0) is 28.4. The smallest absolute Gasteiger partial charge is 0.311 e. The van der Waals surface area contributed by atoms with E-state index in [4.69, 9.17) is 63.9 Å². The van der Waals surface area contributed by atoms with Crippen molar-refractivity contribution in [3.05, 3.63) is 0 Å². The lowest BCUT2D eigenvalue weighted by molar-refractivity contribution is -0.293. The summed E-state index contributed by atoms with van der Waals surface area (Å²) >= 11 is 17.2. The molecule has 0 aliphatic carbocycles. The van der Waals surface area contributed by atoms with Gasteiger partial charge < -0.3 is 28.8 Å². The second-order valence-corrected chi connectivity index (χ2v) is 13.8. The monoisotopic (exact) mass is 575 g/mol. The van der Waals surface area contributed by atoms with E-state index in [0.29, 0.717) is 0 Å². The molecule has 0 saturated carbocycles. The number of nitrogens with one attached hydrogen (secondary N) is 1. The Bertz CT molecular complexity index is 838. The number of aliphatic hydroxyl groups excluding tert-OH is 1. The van der Waals surface area contributed by atoms with Crippen LogP contribution in [0, 0.1) is 21.7 Å². The minimum atomic E-state index is -2.30. The van der Waals surface area contributed by atoms with Crippen LogP contribution in [0.2, 0.25) is 0 Å². The standard InChI is InChI=1S/C23H36Cl3NO9/c1-20(2,3)17(29)32-10-11-12(28)13(34-18(30)21(4,5)6)14(35-19(31)22(7,8)9)15(33-11)36-16(27)23(24,25)26/h11-15,27-28H,10H2,1-9H3/t11-,12-,13+,14-,15-/m1/s1. The van der Waals surface area contributed by atoms with Gasteiger partial charge in [-0.25, -0.2) is 0 Å². The van der Waals surface area contributed by atoms with Gasteiger partial charge in [-0.2, -0.15) is 0 Å². The van der Waals surface area contributed by atoms with Crippen LogP contribution in [0.4, 0.5) is 0 Å². The van der Waals surface area contributed by atoms with E-state index in [1.807, 2.05) is 0 Å². The van der Waals surface area contributed by atoms with Crippen LogP contribution in [-0.4, -0.2) is 70.0 Å². The van der Waals surface area contributed by atoms with Crippen LogP contribution in [0.3, 0.4) is 0 Å². The van der Waals surface area contributed by atoms with E-state index in [0.717, 1.165) is 0 Å². The zero-order valence-corrected chi connectivity index (χ0v) is 24.2. The van der Waals surface area contributed by atoms with Crippen molar-refractivity contribution < 1.29 is 43.2 Å². The molecule has 0 bridgehead atoms. The number of carbonyl (C=O) groups is 3. The Morgan fingerprint density at radius 3 is 1.58 bits per heavy atom. The molecular weight excluding hydrogens is 541 g/mol. The van der Waals surface area contributed by atoms with E-state index in [9.17, 15) is 19.5 Å². The Kier molecular flexibility index (Phi) is 10.5. The number of aliphatic hydroxyl groups is 1. The van der Waals surface area contributed by atoms with Crippen LogP contribution < -0.4 is 0 Å². The van der Waals surface area contributed by atoms with Crippen molar-refractivity contribution in [2.24, 2.45) is 16.2 Å². The highest BCUT2D eigenvalue weighted by Crippen LogP contribution is 2.34. The highest BCUT2D eigenvalue weighted by atomic mass is 35.6. The number of rotatable bonds is 5. The van der Waals surface area contributed by atoms with Gasteiger partial charge in [0.25, 0.3) is 3.79 Å². The van der Waals surface area contributed by atoms with Crippen molar-refractivity contribution >= 4 is 58.6 Å². The van der Waals surface area contributed by atoms with Gasteiger partial charge in [0, 0.05) is 0 Å². The third kappa shape index (κ3) is 9.20. The molecule has 10 nitrogen and oxygen atoms in total. The molecule has 13 heteroatoms. The third-order valence-electron chi connectivity index (χ3n) is 4.81. The van der Waals surface area contributed by atoms with E-state index < -0.39 is 81.2 Å². The molecule has 0 aromatic carbocycles. The van der Waals surface area contributed by atoms with Crippen molar-refractivity contribution in [2.45, 2.75) is 96.8 Å². The van der Waals surface area contributed by atoms with Gasteiger partial charge in [0.05, 0.1) is 16.2 Å². The molecule has 2 N–H and O–H groups in total. The second kappa shape index (κ2) is 11.6. The molecule has 0 aromatic heterocycles. The molecule has 0 spiro atoms. The summed E-state index contributed by atoms with van der Waals surface area (Å²) in [5.41, 5.74) is -2.85. The minimum absolute atomic E-state index is 0.470. The molecule has 1 aliphatic heterocycles. The van der Waals surface area contributed by atoms with Gasteiger partial charge in [-0.15, -0.1) is 0 Å². The first-order valence-corrected chi connectivity index (χ1v) is 12.3. The van der Waals surface area contributed by atoms with Crippen molar-refractivity contribution in [1.29, 1.82) is 5.41 Å². The van der Waals surface area contributed by atoms with Crippen molar-refractivity contribution in [1.82, 2.24) is 0 Å². The molecule has 1 heterocycles. The molecule has 1 saturated heterocycles. The number of halogens is 3. The number of hydrogen-bond donors (Lipinski definition) is 2. The number of esters is 3. The lowest BCUT2D eigenvalue weighted by atomic mass is 9.94. The molecule has 208 valence electrons. The first-order chi connectivity index (χ1) is 16.0. The molecule has 0 amide bonds. The summed E-state index contributed by atoms with van der Waals surface area (Å²) in [4.78, 5) is 37.8. The maximum Gasteiger partial charge on any atom is 0.311 e. The minimum Gasteiger partial charge on any atom is -0.462 e. The molecule has 1 aliphatic rings. The van der Waals surface area contributed by atoms with Crippen molar-refractivity contribution in [3.8, 4) is 0 Å². The third-order valence-corrected chi connectivity index (χ3v) is 5.33. The second-order valence-electron chi connectivity index (χ2n) is 11.6. The number of alkyl halides is 3. The molecule has 0 aromatic rings. The summed E-state index contributed by atoms with van der Waals surface area (Å²) in [7, 11) is 0. The fourth-order valence-corrected chi connectivity index (χ4v) is 2.67. The summed E-state index contributed by atoms with van der Waals surface area (Å²) < 4.78 is 25.2. The summed E-state index contributed by atoms with van der Waals surface area (Å²) in [5, 5.41) is 19.0.